The van der Waals surface area contributed by atoms with Gasteiger partial charge >= 0.3 is 0 Å². The zero-order valence-electron chi connectivity index (χ0n) is 6.83. The third-order valence-corrected chi connectivity index (χ3v) is 1.73. The molecule has 4 heteroatoms. The smallest absolute Gasteiger partial charge is 0.210 e. The van der Waals surface area contributed by atoms with Gasteiger partial charge in [0.1, 0.15) is 5.71 Å². The van der Waals surface area contributed by atoms with E-state index in [1.54, 1.807) is 13.8 Å². The third kappa shape index (κ3) is 0.845. The van der Waals surface area contributed by atoms with Crippen LogP contribution in [-0.4, -0.2) is 22.9 Å². The van der Waals surface area contributed by atoms with Gasteiger partial charge in [0.05, 0.1) is 5.71 Å². The Bertz CT molecular complexity index is 385. The second kappa shape index (κ2) is 2.20. The molecule has 0 spiro atoms. The van der Waals surface area contributed by atoms with Crippen LogP contribution < -0.4 is 0 Å². The molecule has 0 aromatic rings. The minimum atomic E-state index is -0.0990. The van der Waals surface area contributed by atoms with Gasteiger partial charge in [-0.1, -0.05) is 0 Å². The van der Waals surface area contributed by atoms with Gasteiger partial charge < -0.3 is 0 Å². The van der Waals surface area contributed by atoms with Crippen LogP contribution in [-0.2, 0) is 4.79 Å². The number of fused-ring (bicyclic) bond motifs is 1. The molecule has 60 valence electrons. The molecular formula is C8H7N3O. The van der Waals surface area contributed by atoms with Gasteiger partial charge in [0.25, 0.3) is 0 Å². The summed E-state index contributed by atoms with van der Waals surface area (Å²) in [7, 11) is 0. The van der Waals surface area contributed by atoms with Crippen molar-refractivity contribution in [1.29, 1.82) is 0 Å². The summed E-state index contributed by atoms with van der Waals surface area (Å²) in [5.41, 5.74) is 2.43. The molecule has 0 radical (unpaired) electrons. The van der Waals surface area contributed by atoms with E-state index in [4.69, 9.17) is 0 Å². The van der Waals surface area contributed by atoms with Crippen LogP contribution in [0.5, 0.6) is 0 Å². The van der Waals surface area contributed by atoms with E-state index in [0.717, 1.165) is 0 Å². The highest BCUT2D eigenvalue weighted by atomic mass is 16.1. The number of allylic oxidation sites excluding steroid dienone is 2. The topological polar surface area (TPSA) is 54.1 Å². The summed E-state index contributed by atoms with van der Waals surface area (Å²) in [5.74, 6) is -0.0990. The fourth-order valence-electron chi connectivity index (χ4n) is 1.16. The van der Waals surface area contributed by atoms with Crippen molar-refractivity contribution in [3.8, 4) is 0 Å². The van der Waals surface area contributed by atoms with Crippen LogP contribution >= 0.6 is 0 Å². The van der Waals surface area contributed by atoms with Crippen molar-refractivity contribution in [1.82, 2.24) is 0 Å². The average molecular weight is 161 g/mol. The molecular weight excluding hydrogens is 154 g/mol. The Hall–Kier alpha value is -1.58. The van der Waals surface area contributed by atoms with Crippen molar-refractivity contribution in [3.63, 3.8) is 0 Å². The average Bonchev–Trinajstić information content (AvgIpc) is 2.33. The monoisotopic (exact) mass is 161 g/mol. The van der Waals surface area contributed by atoms with Crippen molar-refractivity contribution >= 4 is 22.9 Å². The largest absolute Gasteiger partial charge is 0.287 e. The van der Waals surface area contributed by atoms with Gasteiger partial charge in [-0.15, -0.1) is 5.10 Å². The van der Waals surface area contributed by atoms with Gasteiger partial charge in [-0.25, -0.2) is 4.99 Å². The fraction of sp³-hybridized carbons (Fsp3) is 0.250. The molecule has 0 fully saturated rings. The Balaban J connectivity index is 2.55. The predicted molar refractivity (Wildman–Crippen MR) is 46.7 cm³/mol. The first kappa shape index (κ1) is 7.09. The van der Waals surface area contributed by atoms with Crippen molar-refractivity contribution in [2.45, 2.75) is 13.8 Å². The molecule has 0 unspecified atom stereocenters. The molecule has 2 aliphatic rings. The molecule has 2 rings (SSSR count). The van der Waals surface area contributed by atoms with Gasteiger partial charge in [0.15, 0.2) is 5.71 Å². The molecule has 0 saturated carbocycles. The molecule has 2 aliphatic heterocycles. The molecule has 12 heavy (non-hydrogen) atoms. The number of nitrogens with zero attached hydrogens (tertiary/aromatic N) is 3. The number of rotatable bonds is 0. The molecule has 2 heterocycles. The first-order valence-corrected chi connectivity index (χ1v) is 3.63. The summed E-state index contributed by atoms with van der Waals surface area (Å²) < 4.78 is 0. The standard InChI is InChI=1S/C8H7N3O/c1-4-3-6(12)8-7(9-4)5(2)10-11-8/h3H,1-2H3. The maximum atomic E-state index is 11.3. The van der Waals surface area contributed by atoms with Crippen LogP contribution in [0.2, 0.25) is 0 Å². The van der Waals surface area contributed by atoms with Crippen LogP contribution in [0.1, 0.15) is 13.8 Å². The fourth-order valence-corrected chi connectivity index (χ4v) is 1.16. The lowest BCUT2D eigenvalue weighted by molar-refractivity contribution is -0.108. The molecule has 0 saturated heterocycles. The molecule has 0 amide bonds. The van der Waals surface area contributed by atoms with Crippen LogP contribution in [0, 0.1) is 0 Å². The lowest BCUT2D eigenvalue weighted by atomic mass is 10.0. The van der Waals surface area contributed by atoms with E-state index in [-0.39, 0.29) is 5.78 Å². The number of ketones is 1. The summed E-state index contributed by atoms with van der Waals surface area (Å²) in [6, 6.07) is 0. The quantitative estimate of drug-likeness (QED) is 0.517. The maximum Gasteiger partial charge on any atom is 0.210 e. The molecule has 0 atom stereocenters. The second-order valence-corrected chi connectivity index (χ2v) is 2.74. The lowest BCUT2D eigenvalue weighted by Gasteiger charge is -2.05. The molecule has 0 bridgehead atoms. The normalized spacial score (nSPS) is 21.0. The Kier molecular flexibility index (Phi) is 1.30. The number of carbonyl (C=O) groups excluding carboxylic acids is 1. The van der Waals surface area contributed by atoms with Gasteiger partial charge in [-0.05, 0) is 13.8 Å². The molecule has 0 aromatic carbocycles. The van der Waals surface area contributed by atoms with E-state index in [2.05, 4.69) is 15.2 Å². The SMILES string of the molecule is CC1=CC(=O)C2=NN=C(C)C2=N1. The van der Waals surface area contributed by atoms with Gasteiger partial charge in [0, 0.05) is 11.8 Å². The highest BCUT2D eigenvalue weighted by molar-refractivity contribution is 6.84. The minimum Gasteiger partial charge on any atom is -0.287 e. The Morgan fingerprint density at radius 1 is 1.17 bits per heavy atom. The van der Waals surface area contributed by atoms with Crippen molar-refractivity contribution < 1.29 is 4.79 Å². The van der Waals surface area contributed by atoms with Crippen LogP contribution in [0.3, 0.4) is 0 Å². The van der Waals surface area contributed by atoms with Crippen LogP contribution in [0.4, 0.5) is 0 Å². The predicted octanol–water partition coefficient (Wildman–Crippen LogP) is 0.744. The molecule has 0 aliphatic carbocycles. The van der Waals surface area contributed by atoms with Crippen LogP contribution in [0.15, 0.2) is 27.0 Å². The van der Waals surface area contributed by atoms with E-state index < -0.39 is 0 Å². The van der Waals surface area contributed by atoms with Crippen molar-refractivity contribution in [2.75, 3.05) is 0 Å². The number of carbonyl (C=O) groups is 1. The number of hydrogen-bond acceptors (Lipinski definition) is 4. The van der Waals surface area contributed by atoms with Crippen LogP contribution in [0.25, 0.3) is 0 Å². The summed E-state index contributed by atoms with van der Waals surface area (Å²) in [4.78, 5) is 15.4. The van der Waals surface area contributed by atoms with Gasteiger partial charge in [-0.3, -0.25) is 4.79 Å². The number of aliphatic imine (C=N–C) groups is 1. The summed E-state index contributed by atoms with van der Waals surface area (Å²) in [6.45, 7) is 3.58. The molecule has 0 N–H and O–H groups in total. The first-order valence-electron chi connectivity index (χ1n) is 3.63. The minimum absolute atomic E-state index is 0.0990. The number of hydrogen-bond donors (Lipinski definition) is 0. The Morgan fingerprint density at radius 3 is 2.67 bits per heavy atom. The highest BCUT2D eigenvalue weighted by Crippen LogP contribution is 2.11. The molecule has 0 aromatic heterocycles. The third-order valence-electron chi connectivity index (χ3n) is 1.73. The summed E-state index contributed by atoms with van der Waals surface area (Å²) in [6.07, 6.45) is 1.47. The first-order chi connectivity index (χ1) is 5.68. The van der Waals surface area contributed by atoms with Crippen molar-refractivity contribution in [2.24, 2.45) is 15.2 Å². The van der Waals surface area contributed by atoms with Crippen molar-refractivity contribution in [3.05, 3.63) is 11.8 Å². The highest BCUT2D eigenvalue weighted by Gasteiger charge is 2.26. The second-order valence-electron chi connectivity index (χ2n) is 2.74. The molecule has 4 nitrogen and oxygen atoms in total. The lowest BCUT2D eigenvalue weighted by Crippen LogP contribution is -2.27. The van der Waals surface area contributed by atoms with E-state index in [0.29, 0.717) is 22.8 Å². The van der Waals surface area contributed by atoms with E-state index in [1.807, 2.05) is 0 Å². The maximum absolute atomic E-state index is 11.3. The van der Waals surface area contributed by atoms with E-state index >= 15 is 0 Å². The summed E-state index contributed by atoms with van der Waals surface area (Å²) in [5, 5.41) is 7.52. The van der Waals surface area contributed by atoms with E-state index in [1.165, 1.54) is 6.08 Å². The van der Waals surface area contributed by atoms with Gasteiger partial charge in [-0.2, -0.15) is 5.10 Å². The zero-order valence-corrected chi connectivity index (χ0v) is 6.83. The zero-order chi connectivity index (χ0) is 8.72. The van der Waals surface area contributed by atoms with Gasteiger partial charge in [0.2, 0.25) is 5.78 Å². The summed E-state index contributed by atoms with van der Waals surface area (Å²) >= 11 is 0. The Morgan fingerprint density at radius 2 is 1.92 bits per heavy atom. The Labute approximate surface area is 69.4 Å². The van der Waals surface area contributed by atoms with E-state index in [9.17, 15) is 4.79 Å².